The first-order chi connectivity index (χ1) is 12.3. The lowest BCUT2D eigenvalue weighted by atomic mass is 9.85. The van der Waals surface area contributed by atoms with Gasteiger partial charge < -0.3 is 10.4 Å². The molecule has 26 heavy (non-hydrogen) atoms. The number of hydrogen-bond donors (Lipinski definition) is 2. The molecule has 0 bridgehead atoms. The maximum Gasteiger partial charge on any atom is 0.317 e. The van der Waals surface area contributed by atoms with Crippen LogP contribution in [0.2, 0.25) is 5.02 Å². The van der Waals surface area contributed by atoms with Crippen molar-refractivity contribution in [3.63, 3.8) is 0 Å². The molecule has 0 saturated heterocycles. The number of carbonyl (C=O) groups is 2. The minimum absolute atomic E-state index is 0.00216. The van der Waals surface area contributed by atoms with Crippen LogP contribution in [0, 0.1) is 16.0 Å². The monoisotopic (exact) mass is 381 g/mol. The van der Waals surface area contributed by atoms with E-state index in [1.807, 2.05) is 4.90 Å². The van der Waals surface area contributed by atoms with E-state index < -0.39 is 16.8 Å². The Bertz CT molecular complexity index is 731. The molecule has 0 unspecified atom stereocenters. The standard InChI is InChI=1S/C17H20ClN3O5/c18-13-2-1-3-14(21(25)26)16(13)17(24)19-11-6-12(7-11)20(9-15(22)23)8-10-4-5-10/h1-3,10-12H,4-9H2,(H,19,24)(H,22,23). The molecule has 2 fully saturated rings. The molecule has 0 aromatic heterocycles. The predicted molar refractivity (Wildman–Crippen MR) is 94.3 cm³/mol. The Morgan fingerprint density at radius 2 is 2.04 bits per heavy atom. The summed E-state index contributed by atoms with van der Waals surface area (Å²) in [5.41, 5.74) is -0.463. The Kier molecular flexibility index (Phi) is 5.43. The predicted octanol–water partition coefficient (Wildman–Crippen LogP) is 2.31. The van der Waals surface area contributed by atoms with Gasteiger partial charge in [0.2, 0.25) is 0 Å². The van der Waals surface area contributed by atoms with Crippen molar-refractivity contribution in [1.29, 1.82) is 0 Å². The molecule has 0 spiro atoms. The van der Waals surface area contributed by atoms with Gasteiger partial charge in [0, 0.05) is 24.7 Å². The van der Waals surface area contributed by atoms with Crippen molar-refractivity contribution >= 4 is 29.2 Å². The van der Waals surface area contributed by atoms with Gasteiger partial charge in [-0.2, -0.15) is 0 Å². The van der Waals surface area contributed by atoms with E-state index in [4.69, 9.17) is 16.7 Å². The number of benzene rings is 1. The molecule has 0 aliphatic heterocycles. The molecule has 140 valence electrons. The number of hydrogen-bond acceptors (Lipinski definition) is 5. The van der Waals surface area contributed by atoms with Crippen molar-refractivity contribution in [3.05, 3.63) is 38.9 Å². The number of rotatable bonds is 8. The molecule has 1 aromatic carbocycles. The maximum absolute atomic E-state index is 12.4. The zero-order chi connectivity index (χ0) is 18.8. The fourth-order valence-electron chi connectivity index (χ4n) is 3.30. The van der Waals surface area contributed by atoms with Crippen molar-refractivity contribution in [3.8, 4) is 0 Å². The smallest absolute Gasteiger partial charge is 0.317 e. The first-order valence-corrected chi connectivity index (χ1v) is 8.92. The Morgan fingerprint density at radius 1 is 1.35 bits per heavy atom. The third kappa shape index (κ3) is 4.31. The SMILES string of the molecule is O=C(O)CN(CC1CC1)C1CC(NC(=O)c2c(Cl)cccc2[N+](=O)[O-])C1. The van der Waals surface area contributed by atoms with E-state index in [0.717, 1.165) is 19.4 Å². The number of nitro groups is 1. The topological polar surface area (TPSA) is 113 Å². The summed E-state index contributed by atoms with van der Waals surface area (Å²) in [6.07, 6.45) is 3.53. The van der Waals surface area contributed by atoms with E-state index in [0.29, 0.717) is 18.8 Å². The van der Waals surface area contributed by atoms with Crippen LogP contribution in [-0.4, -0.2) is 52.0 Å². The summed E-state index contributed by atoms with van der Waals surface area (Å²) >= 11 is 5.97. The van der Waals surface area contributed by atoms with Crippen LogP contribution in [0.25, 0.3) is 0 Å². The van der Waals surface area contributed by atoms with Gasteiger partial charge in [0.05, 0.1) is 16.5 Å². The summed E-state index contributed by atoms with van der Waals surface area (Å²) in [5.74, 6) is -0.851. The van der Waals surface area contributed by atoms with Crippen molar-refractivity contribution in [1.82, 2.24) is 10.2 Å². The molecule has 2 N–H and O–H groups in total. The molecule has 2 aliphatic carbocycles. The van der Waals surface area contributed by atoms with E-state index in [1.54, 1.807) is 0 Å². The molecule has 0 radical (unpaired) electrons. The van der Waals surface area contributed by atoms with Crippen LogP contribution in [0.4, 0.5) is 5.69 Å². The number of carboxylic acids is 1. The second-order valence-electron chi connectivity index (χ2n) is 6.95. The number of carbonyl (C=O) groups excluding carboxylic acids is 1. The van der Waals surface area contributed by atoms with Crippen molar-refractivity contribution in [2.24, 2.45) is 5.92 Å². The number of nitrogens with zero attached hydrogens (tertiary/aromatic N) is 2. The van der Waals surface area contributed by atoms with Gasteiger partial charge in [-0.05, 0) is 37.7 Å². The van der Waals surface area contributed by atoms with Crippen LogP contribution in [0.5, 0.6) is 0 Å². The van der Waals surface area contributed by atoms with Gasteiger partial charge in [0.1, 0.15) is 5.56 Å². The average Bonchev–Trinajstić information content (AvgIpc) is 3.32. The van der Waals surface area contributed by atoms with Gasteiger partial charge in [-0.1, -0.05) is 17.7 Å². The third-order valence-electron chi connectivity index (χ3n) is 4.91. The van der Waals surface area contributed by atoms with Gasteiger partial charge in [-0.25, -0.2) is 0 Å². The third-order valence-corrected chi connectivity index (χ3v) is 5.22. The summed E-state index contributed by atoms with van der Waals surface area (Å²) in [5, 5.41) is 23.0. The average molecular weight is 382 g/mol. The molecule has 2 aliphatic rings. The largest absolute Gasteiger partial charge is 0.480 e. The summed E-state index contributed by atoms with van der Waals surface area (Å²) in [7, 11) is 0. The Labute approximate surface area is 155 Å². The lowest BCUT2D eigenvalue weighted by Gasteiger charge is -2.42. The number of amides is 1. The Hall–Kier alpha value is -2.19. The lowest BCUT2D eigenvalue weighted by Crippen LogP contribution is -2.55. The molecule has 1 amide bonds. The fourth-order valence-corrected chi connectivity index (χ4v) is 3.55. The van der Waals surface area contributed by atoms with E-state index in [9.17, 15) is 19.7 Å². The highest BCUT2D eigenvalue weighted by molar-refractivity contribution is 6.34. The van der Waals surface area contributed by atoms with E-state index in [-0.39, 0.29) is 34.9 Å². The first kappa shape index (κ1) is 18.6. The van der Waals surface area contributed by atoms with Crippen LogP contribution in [0.15, 0.2) is 18.2 Å². The summed E-state index contributed by atoms with van der Waals surface area (Å²) in [6, 6.07) is 4.08. The zero-order valence-corrected chi connectivity index (χ0v) is 14.8. The van der Waals surface area contributed by atoms with E-state index in [2.05, 4.69) is 5.32 Å². The number of halogens is 1. The number of aliphatic carboxylic acids is 1. The molecule has 0 heterocycles. The molecule has 3 rings (SSSR count). The van der Waals surface area contributed by atoms with Gasteiger partial charge in [0.15, 0.2) is 0 Å². The first-order valence-electron chi connectivity index (χ1n) is 8.54. The second-order valence-corrected chi connectivity index (χ2v) is 7.36. The normalized spacial score (nSPS) is 21.9. The van der Waals surface area contributed by atoms with E-state index in [1.165, 1.54) is 18.2 Å². The summed E-state index contributed by atoms with van der Waals surface area (Å²) < 4.78 is 0. The molecule has 9 heteroatoms. The highest BCUT2D eigenvalue weighted by atomic mass is 35.5. The number of nitrogens with one attached hydrogen (secondary N) is 1. The molecule has 8 nitrogen and oxygen atoms in total. The minimum Gasteiger partial charge on any atom is -0.480 e. The Balaban J connectivity index is 1.59. The minimum atomic E-state index is -0.857. The van der Waals surface area contributed by atoms with Crippen LogP contribution < -0.4 is 5.32 Å². The summed E-state index contributed by atoms with van der Waals surface area (Å²) in [6.45, 7) is 0.769. The van der Waals surface area contributed by atoms with Crippen LogP contribution >= 0.6 is 11.6 Å². The van der Waals surface area contributed by atoms with Crippen molar-refractivity contribution < 1.29 is 19.6 Å². The van der Waals surface area contributed by atoms with E-state index >= 15 is 0 Å². The van der Waals surface area contributed by atoms with Gasteiger partial charge in [-0.15, -0.1) is 0 Å². The molecular weight excluding hydrogens is 362 g/mol. The zero-order valence-electron chi connectivity index (χ0n) is 14.1. The fraction of sp³-hybridized carbons (Fsp3) is 0.529. The Morgan fingerprint density at radius 3 is 2.62 bits per heavy atom. The van der Waals surface area contributed by atoms with Crippen LogP contribution in [0.3, 0.4) is 0 Å². The molecular formula is C17H20ClN3O5. The quantitative estimate of drug-likeness (QED) is 0.527. The lowest BCUT2D eigenvalue weighted by molar-refractivity contribution is -0.385. The maximum atomic E-state index is 12.4. The molecule has 0 atom stereocenters. The summed E-state index contributed by atoms with van der Waals surface area (Å²) in [4.78, 5) is 35.9. The number of nitro benzene ring substituents is 1. The molecule has 2 saturated carbocycles. The highest BCUT2D eigenvalue weighted by Crippen LogP contribution is 2.34. The second kappa shape index (κ2) is 7.59. The number of carboxylic acid groups (broad SMARTS) is 1. The van der Waals surface area contributed by atoms with Gasteiger partial charge >= 0.3 is 5.97 Å². The van der Waals surface area contributed by atoms with Crippen LogP contribution in [-0.2, 0) is 4.79 Å². The highest BCUT2D eigenvalue weighted by Gasteiger charge is 2.38. The van der Waals surface area contributed by atoms with Crippen LogP contribution in [0.1, 0.15) is 36.0 Å². The van der Waals surface area contributed by atoms with Gasteiger partial charge in [0.25, 0.3) is 11.6 Å². The van der Waals surface area contributed by atoms with Crippen molar-refractivity contribution in [2.75, 3.05) is 13.1 Å². The molecule has 1 aromatic rings. The van der Waals surface area contributed by atoms with Gasteiger partial charge in [-0.3, -0.25) is 24.6 Å². The van der Waals surface area contributed by atoms with Crippen molar-refractivity contribution in [2.45, 2.75) is 37.8 Å².